The molecule has 1 aromatic rings. The maximum absolute atomic E-state index is 12.6. The van der Waals surface area contributed by atoms with E-state index in [1.165, 1.54) is 0 Å². The smallest absolute Gasteiger partial charge is 0.206 e. The SMILES string of the molecule is Fc1ccc(F)c(C(F)(F)F)c1Br. The fourth-order valence-corrected chi connectivity index (χ4v) is 1.33. The molecule has 0 nitrogen and oxygen atoms in total. The molecule has 0 unspecified atom stereocenters. The van der Waals surface area contributed by atoms with Gasteiger partial charge >= 0.3 is 6.18 Å². The molecular formula is C7H2BrF5. The molecule has 6 heteroatoms. The number of hydrogen-bond donors (Lipinski definition) is 0. The fraction of sp³-hybridized carbons (Fsp3) is 0.143. The Labute approximate surface area is 78.5 Å². The second-order valence-corrected chi connectivity index (χ2v) is 3.01. The zero-order valence-corrected chi connectivity index (χ0v) is 7.51. The van der Waals surface area contributed by atoms with Crippen molar-refractivity contribution in [1.82, 2.24) is 0 Å². The van der Waals surface area contributed by atoms with Crippen LogP contribution in [0.5, 0.6) is 0 Å². The van der Waals surface area contributed by atoms with E-state index < -0.39 is 27.8 Å². The maximum Gasteiger partial charge on any atom is 0.420 e. The summed E-state index contributed by atoms with van der Waals surface area (Å²) in [5.41, 5.74) is -1.62. The number of halogens is 6. The van der Waals surface area contributed by atoms with Gasteiger partial charge in [-0.05, 0) is 28.1 Å². The van der Waals surface area contributed by atoms with Crippen LogP contribution in [0.2, 0.25) is 0 Å². The Balaban J connectivity index is 3.43. The van der Waals surface area contributed by atoms with Gasteiger partial charge in [0.25, 0.3) is 0 Å². The molecular weight excluding hydrogens is 259 g/mol. The van der Waals surface area contributed by atoms with Crippen molar-refractivity contribution >= 4 is 15.9 Å². The molecule has 1 rings (SSSR count). The van der Waals surface area contributed by atoms with E-state index in [1.54, 1.807) is 0 Å². The number of benzene rings is 1. The molecule has 0 amide bonds. The van der Waals surface area contributed by atoms with Gasteiger partial charge in [-0.15, -0.1) is 0 Å². The van der Waals surface area contributed by atoms with Crippen LogP contribution >= 0.6 is 15.9 Å². The zero-order chi connectivity index (χ0) is 10.2. The summed E-state index contributed by atoms with van der Waals surface area (Å²) >= 11 is 2.33. The first kappa shape index (κ1) is 10.4. The van der Waals surface area contributed by atoms with Crippen LogP contribution < -0.4 is 0 Å². The Morgan fingerprint density at radius 2 is 1.46 bits per heavy atom. The predicted octanol–water partition coefficient (Wildman–Crippen LogP) is 3.75. The molecule has 0 heterocycles. The monoisotopic (exact) mass is 260 g/mol. The van der Waals surface area contributed by atoms with Crippen molar-refractivity contribution in [3.63, 3.8) is 0 Å². The molecule has 0 radical (unpaired) electrons. The van der Waals surface area contributed by atoms with Crippen LogP contribution in [0.25, 0.3) is 0 Å². The van der Waals surface area contributed by atoms with Gasteiger partial charge in [0, 0.05) is 0 Å². The minimum atomic E-state index is -4.90. The molecule has 0 bridgehead atoms. The molecule has 0 N–H and O–H groups in total. The van der Waals surface area contributed by atoms with Gasteiger partial charge in [0.15, 0.2) is 0 Å². The highest BCUT2D eigenvalue weighted by Gasteiger charge is 2.37. The highest BCUT2D eigenvalue weighted by Crippen LogP contribution is 2.37. The van der Waals surface area contributed by atoms with Crippen LogP contribution in [-0.4, -0.2) is 0 Å². The molecule has 1 aromatic carbocycles. The quantitative estimate of drug-likeness (QED) is 0.493. The molecule has 13 heavy (non-hydrogen) atoms. The lowest BCUT2D eigenvalue weighted by atomic mass is 10.2. The first-order valence-electron chi connectivity index (χ1n) is 3.04. The van der Waals surface area contributed by atoms with Gasteiger partial charge in [0.1, 0.15) is 17.2 Å². The molecule has 0 saturated carbocycles. The van der Waals surface area contributed by atoms with Gasteiger partial charge in [0.2, 0.25) is 0 Å². The van der Waals surface area contributed by atoms with Crippen molar-refractivity contribution in [2.45, 2.75) is 6.18 Å². The van der Waals surface area contributed by atoms with Crippen molar-refractivity contribution in [2.24, 2.45) is 0 Å². The molecule has 0 aromatic heterocycles. The van der Waals surface area contributed by atoms with E-state index in [-0.39, 0.29) is 0 Å². The molecule has 0 fully saturated rings. The predicted molar refractivity (Wildman–Crippen MR) is 39.1 cm³/mol. The summed E-state index contributed by atoms with van der Waals surface area (Å²) in [4.78, 5) is 0. The third kappa shape index (κ3) is 1.99. The van der Waals surface area contributed by atoms with Crippen molar-refractivity contribution in [3.05, 3.63) is 33.8 Å². The molecule has 0 aliphatic heterocycles. The van der Waals surface area contributed by atoms with Crippen LogP contribution in [0, 0.1) is 11.6 Å². The highest BCUT2D eigenvalue weighted by atomic mass is 79.9. The van der Waals surface area contributed by atoms with Crippen molar-refractivity contribution in [1.29, 1.82) is 0 Å². The number of rotatable bonds is 0. The van der Waals surface area contributed by atoms with Gasteiger partial charge in [-0.2, -0.15) is 13.2 Å². The zero-order valence-electron chi connectivity index (χ0n) is 5.92. The second-order valence-electron chi connectivity index (χ2n) is 2.22. The number of hydrogen-bond acceptors (Lipinski definition) is 0. The lowest BCUT2D eigenvalue weighted by Crippen LogP contribution is -2.10. The van der Waals surface area contributed by atoms with Crippen molar-refractivity contribution in [3.8, 4) is 0 Å². The normalized spacial score (nSPS) is 11.8. The van der Waals surface area contributed by atoms with E-state index in [2.05, 4.69) is 15.9 Å². The van der Waals surface area contributed by atoms with Gasteiger partial charge in [0.05, 0.1) is 4.47 Å². The number of alkyl halides is 3. The lowest BCUT2D eigenvalue weighted by molar-refractivity contribution is -0.140. The largest absolute Gasteiger partial charge is 0.420 e. The van der Waals surface area contributed by atoms with Crippen molar-refractivity contribution in [2.75, 3.05) is 0 Å². The Kier molecular flexibility index (Phi) is 2.61. The first-order chi connectivity index (χ1) is 5.84. The molecule has 0 aliphatic rings. The third-order valence-electron chi connectivity index (χ3n) is 1.33. The van der Waals surface area contributed by atoms with Gasteiger partial charge < -0.3 is 0 Å². The molecule has 0 spiro atoms. The minimum Gasteiger partial charge on any atom is -0.206 e. The molecule has 0 aliphatic carbocycles. The fourth-order valence-electron chi connectivity index (χ4n) is 0.787. The molecule has 0 saturated heterocycles. The van der Waals surface area contributed by atoms with Crippen LogP contribution in [0.15, 0.2) is 16.6 Å². The Bertz CT molecular complexity index is 330. The van der Waals surface area contributed by atoms with E-state index in [1.807, 2.05) is 0 Å². The summed E-state index contributed by atoms with van der Waals surface area (Å²) in [6, 6.07) is 1.05. The minimum absolute atomic E-state index is 0.433. The standard InChI is InChI=1S/C7H2BrF5/c8-6-4(10)2-1-3(9)5(6)7(11,12)13/h1-2H. The summed E-state index contributed by atoms with van der Waals surface area (Å²) in [6.45, 7) is 0. The van der Waals surface area contributed by atoms with Crippen molar-refractivity contribution < 1.29 is 22.0 Å². The Morgan fingerprint density at radius 1 is 1.00 bits per heavy atom. The first-order valence-corrected chi connectivity index (χ1v) is 3.84. The molecule has 72 valence electrons. The van der Waals surface area contributed by atoms with Gasteiger partial charge in [-0.1, -0.05) is 0 Å². The third-order valence-corrected chi connectivity index (χ3v) is 2.10. The van der Waals surface area contributed by atoms with E-state index in [9.17, 15) is 22.0 Å². The van der Waals surface area contributed by atoms with E-state index in [0.29, 0.717) is 12.1 Å². The summed E-state index contributed by atoms with van der Waals surface area (Å²) in [6.07, 6.45) is -4.90. The van der Waals surface area contributed by atoms with E-state index >= 15 is 0 Å². The average Bonchev–Trinajstić information content (AvgIpc) is 1.95. The molecule has 0 atom stereocenters. The topological polar surface area (TPSA) is 0 Å². The lowest BCUT2D eigenvalue weighted by Gasteiger charge is -2.09. The Morgan fingerprint density at radius 3 is 1.85 bits per heavy atom. The average molecular weight is 261 g/mol. The van der Waals surface area contributed by atoms with Crippen LogP contribution in [-0.2, 0) is 6.18 Å². The summed E-state index contributed by atoms with van der Waals surface area (Å²) in [7, 11) is 0. The van der Waals surface area contributed by atoms with Crippen LogP contribution in [0.1, 0.15) is 5.56 Å². The highest BCUT2D eigenvalue weighted by molar-refractivity contribution is 9.10. The van der Waals surface area contributed by atoms with E-state index in [4.69, 9.17) is 0 Å². The van der Waals surface area contributed by atoms with Crippen LogP contribution in [0.3, 0.4) is 0 Å². The van der Waals surface area contributed by atoms with Gasteiger partial charge in [-0.25, -0.2) is 8.78 Å². The van der Waals surface area contributed by atoms with Gasteiger partial charge in [-0.3, -0.25) is 0 Å². The summed E-state index contributed by atoms with van der Waals surface area (Å²) in [5, 5.41) is 0. The second kappa shape index (κ2) is 3.25. The Hall–Kier alpha value is -0.650. The van der Waals surface area contributed by atoms with Crippen LogP contribution in [0.4, 0.5) is 22.0 Å². The summed E-state index contributed by atoms with van der Waals surface area (Å²) in [5.74, 6) is -2.64. The maximum atomic E-state index is 12.6. The summed E-state index contributed by atoms with van der Waals surface area (Å²) < 4.78 is 60.4. The van der Waals surface area contributed by atoms with E-state index in [0.717, 1.165) is 0 Å².